The minimum atomic E-state index is -0.653. The number of hydrogen-bond donors (Lipinski definition) is 0. The van der Waals surface area contributed by atoms with Crippen LogP contribution in [0.15, 0.2) is 87.8 Å². The van der Waals surface area contributed by atoms with Crippen molar-refractivity contribution in [3.05, 3.63) is 114 Å². The number of nitrogens with zero attached hydrogens (tertiary/aromatic N) is 3. The molecule has 0 saturated heterocycles. The molecule has 0 N–H and O–H groups in total. The molecule has 3 heterocycles. The molecule has 43 heavy (non-hydrogen) atoms. The van der Waals surface area contributed by atoms with E-state index in [1.165, 1.54) is 33.3 Å². The van der Waals surface area contributed by atoms with Crippen LogP contribution in [-0.2, 0) is 20.8 Å². The molecule has 0 aliphatic carbocycles. The SMILES string of the molecule is CCn1c2ccccc2c2cc(C=c3sc4n(c3=O)C(c3ccc(C(C)C)cc3)C(C(=O)OCCOC)=C(C)N=4)ccc21. The average Bonchev–Trinajstić information content (AvgIpc) is 3.49. The Morgan fingerprint density at radius 2 is 1.77 bits per heavy atom. The van der Waals surface area contributed by atoms with Crippen molar-refractivity contribution in [3.63, 3.8) is 0 Å². The number of methoxy groups -OCH3 is 1. The Morgan fingerprint density at radius 3 is 2.49 bits per heavy atom. The van der Waals surface area contributed by atoms with Crippen molar-refractivity contribution >= 4 is 45.2 Å². The van der Waals surface area contributed by atoms with E-state index < -0.39 is 12.0 Å². The molecule has 7 nitrogen and oxygen atoms in total. The molecule has 0 spiro atoms. The quantitative estimate of drug-likeness (QED) is 0.172. The van der Waals surface area contributed by atoms with Gasteiger partial charge in [0.05, 0.1) is 28.5 Å². The van der Waals surface area contributed by atoms with Gasteiger partial charge in [0.25, 0.3) is 5.56 Å². The normalized spacial score (nSPS) is 15.4. The van der Waals surface area contributed by atoms with Crippen molar-refractivity contribution in [3.8, 4) is 0 Å². The molecule has 3 aromatic carbocycles. The third-order valence-electron chi connectivity index (χ3n) is 8.09. The number of fused-ring (bicyclic) bond motifs is 4. The maximum Gasteiger partial charge on any atom is 0.338 e. The lowest BCUT2D eigenvalue weighted by molar-refractivity contribution is -0.140. The highest BCUT2D eigenvalue weighted by molar-refractivity contribution is 7.07. The summed E-state index contributed by atoms with van der Waals surface area (Å²) in [5.74, 6) is -0.140. The van der Waals surface area contributed by atoms with E-state index in [0.29, 0.717) is 26.5 Å². The number of carbonyl (C=O) groups excluding carboxylic acids is 1. The Balaban J connectivity index is 1.50. The summed E-state index contributed by atoms with van der Waals surface area (Å²) >= 11 is 1.34. The predicted molar refractivity (Wildman–Crippen MR) is 172 cm³/mol. The zero-order chi connectivity index (χ0) is 30.2. The van der Waals surface area contributed by atoms with Gasteiger partial charge in [0.15, 0.2) is 4.80 Å². The van der Waals surface area contributed by atoms with Gasteiger partial charge in [-0.05, 0) is 60.7 Å². The van der Waals surface area contributed by atoms with Crippen LogP contribution in [0.25, 0.3) is 27.9 Å². The van der Waals surface area contributed by atoms with Crippen molar-refractivity contribution in [2.75, 3.05) is 20.3 Å². The van der Waals surface area contributed by atoms with E-state index in [0.717, 1.165) is 23.1 Å². The summed E-state index contributed by atoms with van der Waals surface area (Å²) in [4.78, 5) is 32.8. The lowest BCUT2D eigenvalue weighted by Crippen LogP contribution is -2.40. The number of carbonyl (C=O) groups is 1. The summed E-state index contributed by atoms with van der Waals surface area (Å²) in [6, 6.07) is 22.2. The van der Waals surface area contributed by atoms with Gasteiger partial charge in [-0.3, -0.25) is 9.36 Å². The average molecular weight is 594 g/mol. The van der Waals surface area contributed by atoms with E-state index in [2.05, 4.69) is 79.9 Å². The first kappa shape index (κ1) is 28.8. The van der Waals surface area contributed by atoms with Crippen LogP contribution in [0.2, 0.25) is 0 Å². The second kappa shape index (κ2) is 11.8. The number of esters is 1. The van der Waals surface area contributed by atoms with Gasteiger partial charge in [0, 0.05) is 35.5 Å². The van der Waals surface area contributed by atoms with Crippen LogP contribution in [0.5, 0.6) is 0 Å². The maximum absolute atomic E-state index is 14.1. The number of thiazole rings is 1. The number of rotatable bonds is 8. The van der Waals surface area contributed by atoms with E-state index in [-0.39, 0.29) is 18.8 Å². The fraction of sp³-hybridized carbons (Fsp3) is 0.286. The zero-order valence-corrected chi connectivity index (χ0v) is 25.9. The van der Waals surface area contributed by atoms with E-state index in [1.807, 2.05) is 18.2 Å². The highest BCUT2D eigenvalue weighted by Gasteiger charge is 2.33. The van der Waals surface area contributed by atoms with Crippen molar-refractivity contribution < 1.29 is 14.3 Å². The first-order valence-corrected chi connectivity index (χ1v) is 15.4. The molecule has 5 aromatic rings. The fourth-order valence-electron chi connectivity index (χ4n) is 5.91. The Morgan fingerprint density at radius 1 is 1.02 bits per heavy atom. The summed E-state index contributed by atoms with van der Waals surface area (Å²) in [6.45, 7) is 9.50. The number of benzene rings is 3. The summed E-state index contributed by atoms with van der Waals surface area (Å²) in [5, 5.41) is 2.34. The lowest BCUT2D eigenvalue weighted by atomic mass is 9.93. The molecule has 6 rings (SSSR count). The molecule has 220 valence electrons. The van der Waals surface area contributed by atoms with E-state index in [9.17, 15) is 9.59 Å². The largest absolute Gasteiger partial charge is 0.460 e. The third-order valence-corrected chi connectivity index (χ3v) is 9.07. The molecule has 2 aromatic heterocycles. The number of para-hydroxylation sites is 1. The van der Waals surface area contributed by atoms with E-state index in [4.69, 9.17) is 14.5 Å². The number of aromatic nitrogens is 2. The van der Waals surface area contributed by atoms with E-state index in [1.54, 1.807) is 18.6 Å². The van der Waals surface area contributed by atoms with Gasteiger partial charge in [-0.2, -0.15) is 0 Å². The smallest absolute Gasteiger partial charge is 0.338 e. The molecule has 1 aliphatic rings. The highest BCUT2D eigenvalue weighted by atomic mass is 32.1. The number of allylic oxidation sites excluding steroid dienone is 1. The fourth-order valence-corrected chi connectivity index (χ4v) is 6.96. The van der Waals surface area contributed by atoms with Gasteiger partial charge >= 0.3 is 5.97 Å². The van der Waals surface area contributed by atoms with Gasteiger partial charge in [0.1, 0.15) is 6.61 Å². The van der Waals surface area contributed by atoms with Crippen molar-refractivity contribution in [2.24, 2.45) is 4.99 Å². The van der Waals surface area contributed by atoms with Crippen LogP contribution in [0.3, 0.4) is 0 Å². The second-order valence-electron chi connectivity index (χ2n) is 11.1. The van der Waals surface area contributed by atoms with Crippen LogP contribution >= 0.6 is 11.3 Å². The van der Waals surface area contributed by atoms with Crippen molar-refractivity contribution in [1.82, 2.24) is 9.13 Å². The van der Waals surface area contributed by atoms with Crippen molar-refractivity contribution in [1.29, 1.82) is 0 Å². The first-order chi connectivity index (χ1) is 20.8. The Kier molecular flexibility index (Phi) is 7.90. The molecule has 0 bridgehead atoms. The summed E-state index contributed by atoms with van der Waals surface area (Å²) < 4.78 is 15.1. The standard InChI is InChI=1S/C35H35N3O4S/c1-6-37-28-10-8-7-9-26(28)27-19-23(11-16-29(27)37)20-30-33(39)38-32(25-14-12-24(13-15-25)21(2)3)31(22(4)36-35(38)43-30)34(40)42-18-17-41-5/h7-16,19-21,32H,6,17-18H2,1-5H3. The first-order valence-electron chi connectivity index (χ1n) is 14.6. The molecule has 0 amide bonds. The van der Waals surface area contributed by atoms with Crippen LogP contribution < -0.4 is 14.9 Å². The zero-order valence-electron chi connectivity index (χ0n) is 25.1. The minimum Gasteiger partial charge on any atom is -0.460 e. The van der Waals surface area contributed by atoms with Gasteiger partial charge in [-0.25, -0.2) is 9.79 Å². The van der Waals surface area contributed by atoms with Crippen molar-refractivity contribution in [2.45, 2.75) is 46.2 Å². The molecule has 0 fully saturated rings. The molecular weight excluding hydrogens is 558 g/mol. The van der Waals surface area contributed by atoms with Gasteiger partial charge < -0.3 is 14.0 Å². The molecule has 1 unspecified atom stereocenters. The predicted octanol–water partition coefficient (Wildman–Crippen LogP) is 5.68. The van der Waals surface area contributed by atoms with Crippen LogP contribution in [0, 0.1) is 0 Å². The molecule has 1 aliphatic heterocycles. The number of aryl methyl sites for hydroxylation is 1. The number of hydrogen-bond acceptors (Lipinski definition) is 6. The van der Waals surface area contributed by atoms with E-state index >= 15 is 0 Å². The Hall–Kier alpha value is -4.27. The summed E-state index contributed by atoms with van der Waals surface area (Å²) in [7, 11) is 1.56. The monoisotopic (exact) mass is 593 g/mol. The third kappa shape index (κ3) is 5.15. The molecule has 8 heteroatoms. The van der Waals surface area contributed by atoms with Crippen LogP contribution in [-0.4, -0.2) is 35.4 Å². The molecular formula is C35H35N3O4S. The van der Waals surface area contributed by atoms with Gasteiger partial charge in [-0.1, -0.05) is 73.7 Å². The van der Waals surface area contributed by atoms with Crippen LogP contribution in [0.1, 0.15) is 56.3 Å². The molecule has 0 saturated carbocycles. The molecule has 1 atom stereocenters. The van der Waals surface area contributed by atoms with Gasteiger partial charge in [0.2, 0.25) is 0 Å². The lowest BCUT2D eigenvalue weighted by Gasteiger charge is -2.25. The summed E-state index contributed by atoms with van der Waals surface area (Å²) in [5.41, 5.74) is 6.03. The number of ether oxygens (including phenoxy) is 2. The molecule has 0 radical (unpaired) electrons. The Labute approximate surface area is 254 Å². The van der Waals surface area contributed by atoms with Gasteiger partial charge in [-0.15, -0.1) is 0 Å². The maximum atomic E-state index is 14.1. The Bertz CT molecular complexity index is 2060. The minimum absolute atomic E-state index is 0.118. The van der Waals surface area contributed by atoms with Crippen LogP contribution in [0.4, 0.5) is 0 Å². The summed E-state index contributed by atoms with van der Waals surface area (Å²) in [6.07, 6.45) is 1.93. The topological polar surface area (TPSA) is 74.8 Å². The second-order valence-corrected chi connectivity index (χ2v) is 12.1. The highest BCUT2D eigenvalue weighted by Crippen LogP contribution is 2.32.